The lowest BCUT2D eigenvalue weighted by atomic mass is 10.0. The van der Waals surface area contributed by atoms with Gasteiger partial charge in [-0.3, -0.25) is 24.8 Å². The van der Waals surface area contributed by atoms with E-state index in [4.69, 9.17) is 0 Å². The van der Waals surface area contributed by atoms with Crippen molar-refractivity contribution in [3.05, 3.63) is 35.9 Å². The van der Waals surface area contributed by atoms with Crippen LogP contribution < -0.4 is 5.43 Å². The standard InChI is InChI=1S/C15H19N3O3/c1-3-18(10-11-7-5-4-6-8-11)13(19)9-12-14(20)16-17(2)15(12)21/h4-8,12H,3,9-10H2,1-2H3,(H,16,20). The topological polar surface area (TPSA) is 69.7 Å². The Hall–Kier alpha value is -2.37. The highest BCUT2D eigenvalue weighted by molar-refractivity contribution is 6.07. The number of carbonyl (C=O) groups is 3. The van der Waals surface area contributed by atoms with Crippen molar-refractivity contribution in [2.24, 2.45) is 5.92 Å². The monoisotopic (exact) mass is 289 g/mol. The van der Waals surface area contributed by atoms with Gasteiger partial charge in [0.15, 0.2) is 0 Å². The number of nitrogens with one attached hydrogen (secondary N) is 1. The minimum Gasteiger partial charge on any atom is -0.339 e. The van der Waals surface area contributed by atoms with Crippen LogP contribution in [0.15, 0.2) is 30.3 Å². The predicted molar refractivity (Wildman–Crippen MR) is 76.6 cm³/mol. The average molecular weight is 289 g/mol. The molecule has 1 aromatic carbocycles. The second-order valence-electron chi connectivity index (χ2n) is 5.02. The Morgan fingerprint density at radius 3 is 2.48 bits per heavy atom. The molecule has 1 aliphatic heterocycles. The highest BCUT2D eigenvalue weighted by Gasteiger charge is 2.39. The Morgan fingerprint density at radius 2 is 1.95 bits per heavy atom. The van der Waals surface area contributed by atoms with Crippen LogP contribution in [0.4, 0.5) is 0 Å². The Morgan fingerprint density at radius 1 is 1.29 bits per heavy atom. The lowest BCUT2D eigenvalue weighted by molar-refractivity contribution is -0.139. The van der Waals surface area contributed by atoms with Crippen molar-refractivity contribution < 1.29 is 14.4 Å². The molecular formula is C15H19N3O3. The van der Waals surface area contributed by atoms with Gasteiger partial charge in [-0.05, 0) is 12.5 Å². The second-order valence-corrected chi connectivity index (χ2v) is 5.02. The first kappa shape index (κ1) is 15.0. The molecule has 3 amide bonds. The van der Waals surface area contributed by atoms with Crippen LogP contribution in [-0.2, 0) is 20.9 Å². The van der Waals surface area contributed by atoms with Gasteiger partial charge in [-0.15, -0.1) is 0 Å². The van der Waals surface area contributed by atoms with Crippen molar-refractivity contribution in [1.82, 2.24) is 15.3 Å². The molecule has 0 saturated carbocycles. The molecule has 0 aromatic heterocycles. The third-order valence-corrected chi connectivity index (χ3v) is 3.55. The van der Waals surface area contributed by atoms with E-state index in [-0.39, 0.29) is 18.2 Å². The summed E-state index contributed by atoms with van der Waals surface area (Å²) in [6.07, 6.45) is -0.0876. The van der Waals surface area contributed by atoms with Crippen molar-refractivity contribution in [2.75, 3.05) is 13.6 Å². The van der Waals surface area contributed by atoms with Gasteiger partial charge in [-0.1, -0.05) is 30.3 Å². The third kappa shape index (κ3) is 3.39. The van der Waals surface area contributed by atoms with E-state index < -0.39 is 11.8 Å². The number of carbonyl (C=O) groups excluding carboxylic acids is 3. The molecule has 0 aliphatic carbocycles. The van der Waals surface area contributed by atoms with E-state index in [1.165, 1.54) is 7.05 Å². The number of amides is 3. The Labute approximate surface area is 123 Å². The maximum absolute atomic E-state index is 12.3. The highest BCUT2D eigenvalue weighted by Crippen LogP contribution is 2.16. The summed E-state index contributed by atoms with van der Waals surface area (Å²) in [5, 5.41) is 1.13. The van der Waals surface area contributed by atoms with Gasteiger partial charge in [0.25, 0.3) is 11.8 Å². The van der Waals surface area contributed by atoms with E-state index in [1.807, 2.05) is 37.3 Å². The van der Waals surface area contributed by atoms with E-state index in [0.29, 0.717) is 13.1 Å². The molecule has 0 spiro atoms. The lowest BCUT2D eigenvalue weighted by Crippen LogP contribution is -2.34. The molecule has 0 bridgehead atoms. The molecule has 1 N–H and O–H groups in total. The number of rotatable bonds is 5. The number of hydrogen-bond donors (Lipinski definition) is 1. The van der Waals surface area contributed by atoms with Crippen LogP contribution in [0.1, 0.15) is 18.9 Å². The van der Waals surface area contributed by atoms with Crippen molar-refractivity contribution in [1.29, 1.82) is 0 Å². The summed E-state index contributed by atoms with van der Waals surface area (Å²) in [7, 11) is 1.48. The molecule has 1 aliphatic rings. The molecule has 0 radical (unpaired) electrons. The number of nitrogens with zero attached hydrogens (tertiary/aromatic N) is 2. The first-order chi connectivity index (χ1) is 10.0. The summed E-state index contributed by atoms with van der Waals surface area (Å²) in [6, 6.07) is 9.63. The van der Waals surface area contributed by atoms with Crippen LogP contribution in [0, 0.1) is 5.92 Å². The fraction of sp³-hybridized carbons (Fsp3) is 0.400. The van der Waals surface area contributed by atoms with E-state index in [9.17, 15) is 14.4 Å². The first-order valence-corrected chi connectivity index (χ1v) is 6.92. The maximum atomic E-state index is 12.3. The largest absolute Gasteiger partial charge is 0.339 e. The van der Waals surface area contributed by atoms with Gasteiger partial charge in [-0.2, -0.15) is 0 Å². The minimum atomic E-state index is -0.910. The lowest BCUT2D eigenvalue weighted by Gasteiger charge is -2.21. The molecular weight excluding hydrogens is 270 g/mol. The summed E-state index contributed by atoms with van der Waals surface area (Å²) in [5.41, 5.74) is 3.42. The predicted octanol–water partition coefficient (Wildman–Crippen LogP) is 0.545. The normalized spacial score (nSPS) is 17.8. The third-order valence-electron chi connectivity index (χ3n) is 3.55. The highest BCUT2D eigenvalue weighted by atomic mass is 16.2. The molecule has 1 unspecified atom stereocenters. The molecule has 21 heavy (non-hydrogen) atoms. The van der Waals surface area contributed by atoms with Gasteiger partial charge in [0.05, 0.1) is 0 Å². The molecule has 6 heteroatoms. The number of hydrazine groups is 1. The summed E-state index contributed by atoms with van der Waals surface area (Å²) >= 11 is 0. The molecule has 2 rings (SSSR count). The summed E-state index contributed by atoms with van der Waals surface area (Å²) in [4.78, 5) is 37.4. The quantitative estimate of drug-likeness (QED) is 0.805. The Kier molecular flexibility index (Phi) is 4.57. The van der Waals surface area contributed by atoms with Crippen molar-refractivity contribution >= 4 is 17.7 Å². The van der Waals surface area contributed by atoms with Crippen LogP contribution in [0.3, 0.4) is 0 Å². The Balaban J connectivity index is 2.01. The minimum absolute atomic E-state index is 0.0876. The maximum Gasteiger partial charge on any atom is 0.253 e. The summed E-state index contributed by atoms with van der Waals surface area (Å²) < 4.78 is 0. The van der Waals surface area contributed by atoms with Crippen molar-refractivity contribution in [2.45, 2.75) is 19.9 Å². The summed E-state index contributed by atoms with van der Waals surface area (Å²) in [6.45, 7) is 2.89. The fourth-order valence-electron chi connectivity index (χ4n) is 2.31. The van der Waals surface area contributed by atoms with Crippen LogP contribution in [0.2, 0.25) is 0 Å². The molecule has 1 atom stereocenters. The smallest absolute Gasteiger partial charge is 0.253 e. The van der Waals surface area contributed by atoms with Crippen LogP contribution in [-0.4, -0.2) is 41.2 Å². The number of hydrogen-bond acceptors (Lipinski definition) is 3. The van der Waals surface area contributed by atoms with Gasteiger partial charge >= 0.3 is 0 Å². The molecule has 1 saturated heterocycles. The van der Waals surface area contributed by atoms with Crippen molar-refractivity contribution in [3.8, 4) is 0 Å². The van der Waals surface area contributed by atoms with Crippen molar-refractivity contribution in [3.63, 3.8) is 0 Å². The van der Waals surface area contributed by atoms with Gasteiger partial charge < -0.3 is 4.90 Å². The average Bonchev–Trinajstić information content (AvgIpc) is 2.72. The van der Waals surface area contributed by atoms with E-state index in [1.54, 1.807) is 4.90 Å². The molecule has 1 aromatic rings. The summed E-state index contributed by atoms with van der Waals surface area (Å²) in [5.74, 6) is -1.87. The molecule has 1 fully saturated rings. The second kappa shape index (κ2) is 6.39. The number of benzene rings is 1. The van der Waals surface area contributed by atoms with Crippen LogP contribution in [0.5, 0.6) is 0 Å². The zero-order valence-corrected chi connectivity index (χ0v) is 12.2. The van der Waals surface area contributed by atoms with Gasteiger partial charge in [0, 0.05) is 26.6 Å². The molecule has 112 valence electrons. The van der Waals surface area contributed by atoms with E-state index >= 15 is 0 Å². The molecule has 1 heterocycles. The SMILES string of the molecule is CCN(Cc1ccccc1)C(=O)CC1C(=O)NN(C)C1=O. The van der Waals surface area contributed by atoms with Crippen LogP contribution >= 0.6 is 0 Å². The first-order valence-electron chi connectivity index (χ1n) is 6.92. The van der Waals surface area contributed by atoms with Gasteiger partial charge in [-0.25, -0.2) is 0 Å². The fourth-order valence-corrected chi connectivity index (χ4v) is 2.31. The zero-order valence-electron chi connectivity index (χ0n) is 12.2. The molecule has 6 nitrogen and oxygen atoms in total. The van der Waals surface area contributed by atoms with Gasteiger partial charge in [0.1, 0.15) is 5.92 Å². The van der Waals surface area contributed by atoms with Crippen LogP contribution in [0.25, 0.3) is 0 Å². The van der Waals surface area contributed by atoms with E-state index in [0.717, 1.165) is 10.6 Å². The van der Waals surface area contributed by atoms with Gasteiger partial charge in [0.2, 0.25) is 5.91 Å². The Bertz CT molecular complexity index is 544. The van der Waals surface area contributed by atoms with E-state index in [2.05, 4.69) is 5.43 Å². The zero-order chi connectivity index (χ0) is 15.4.